The zero-order valence-corrected chi connectivity index (χ0v) is 14.4. The van der Waals surface area contributed by atoms with Crippen LogP contribution in [0.4, 0.5) is 13.2 Å². The molecule has 2 aliphatic carbocycles. The molecular weight excluding hydrogens is 329 g/mol. The molecule has 2 unspecified atom stereocenters. The topological polar surface area (TPSA) is 46.3 Å². The molecule has 1 aromatic carbocycles. The quantitative estimate of drug-likeness (QED) is 0.897. The highest BCUT2D eigenvalue weighted by molar-refractivity contribution is 5.78. The third-order valence-electron chi connectivity index (χ3n) is 5.87. The molecule has 6 heteroatoms. The lowest BCUT2D eigenvalue weighted by molar-refractivity contribution is -0.141. The maximum Gasteiger partial charge on any atom is 0.416 e. The van der Waals surface area contributed by atoms with Gasteiger partial charge in [0, 0.05) is 25.6 Å². The lowest BCUT2D eigenvalue weighted by atomic mass is 9.65. The first-order valence-electron chi connectivity index (χ1n) is 8.93. The zero-order valence-electron chi connectivity index (χ0n) is 14.4. The van der Waals surface area contributed by atoms with Gasteiger partial charge in [0.2, 0.25) is 5.91 Å². The van der Waals surface area contributed by atoms with Gasteiger partial charge in [0.25, 0.3) is 0 Å². The maximum atomic E-state index is 13.1. The molecular formula is C19H25F3N2O. The summed E-state index contributed by atoms with van der Waals surface area (Å²) in [5.41, 5.74) is 5.73. The van der Waals surface area contributed by atoms with Crippen molar-refractivity contribution in [3.63, 3.8) is 0 Å². The molecule has 0 aromatic heterocycles. The second kappa shape index (κ2) is 6.98. The van der Waals surface area contributed by atoms with Crippen molar-refractivity contribution >= 4 is 5.91 Å². The van der Waals surface area contributed by atoms with Crippen molar-refractivity contribution in [1.29, 1.82) is 0 Å². The van der Waals surface area contributed by atoms with Gasteiger partial charge in [-0.05, 0) is 49.1 Å². The third-order valence-corrected chi connectivity index (χ3v) is 5.87. The number of carbonyl (C=O) groups excluding carboxylic acids is 1. The normalized spacial score (nSPS) is 29.3. The van der Waals surface area contributed by atoms with Crippen molar-refractivity contribution in [1.82, 2.24) is 4.90 Å². The minimum Gasteiger partial charge on any atom is -0.341 e. The second-order valence-corrected chi connectivity index (χ2v) is 7.55. The lowest BCUT2D eigenvalue weighted by Crippen LogP contribution is -2.49. The number of halogens is 3. The summed E-state index contributed by atoms with van der Waals surface area (Å²) in [4.78, 5) is 14.3. The smallest absolute Gasteiger partial charge is 0.341 e. The number of carbonyl (C=O) groups is 1. The molecule has 2 fully saturated rings. The molecule has 2 N–H and O–H groups in total. The molecule has 0 aliphatic heterocycles. The van der Waals surface area contributed by atoms with E-state index in [0.717, 1.165) is 31.7 Å². The summed E-state index contributed by atoms with van der Waals surface area (Å²) in [5, 5.41) is 0. The van der Waals surface area contributed by atoms with Crippen molar-refractivity contribution in [3.05, 3.63) is 35.4 Å². The van der Waals surface area contributed by atoms with Gasteiger partial charge < -0.3 is 10.6 Å². The molecule has 1 aromatic rings. The van der Waals surface area contributed by atoms with Crippen molar-refractivity contribution in [2.75, 3.05) is 7.05 Å². The van der Waals surface area contributed by atoms with Gasteiger partial charge in [-0.3, -0.25) is 4.79 Å². The molecule has 2 atom stereocenters. The Morgan fingerprint density at radius 3 is 2.40 bits per heavy atom. The van der Waals surface area contributed by atoms with Gasteiger partial charge in [-0.1, -0.05) is 24.6 Å². The van der Waals surface area contributed by atoms with Crippen LogP contribution in [0.15, 0.2) is 24.3 Å². The van der Waals surface area contributed by atoms with Gasteiger partial charge in [0.1, 0.15) is 0 Å². The summed E-state index contributed by atoms with van der Waals surface area (Å²) in [7, 11) is 1.60. The number of amides is 1. The highest BCUT2D eigenvalue weighted by atomic mass is 19.4. The van der Waals surface area contributed by atoms with Crippen LogP contribution >= 0.6 is 0 Å². The van der Waals surface area contributed by atoms with Crippen LogP contribution in [0.2, 0.25) is 0 Å². The molecule has 3 rings (SSSR count). The van der Waals surface area contributed by atoms with E-state index in [4.69, 9.17) is 5.73 Å². The minimum absolute atomic E-state index is 0.0214. The van der Waals surface area contributed by atoms with Gasteiger partial charge in [0.15, 0.2) is 0 Å². The molecule has 0 radical (unpaired) electrons. The lowest BCUT2D eigenvalue weighted by Gasteiger charge is -2.44. The van der Waals surface area contributed by atoms with Crippen LogP contribution in [0.3, 0.4) is 0 Å². The Kier molecular flexibility index (Phi) is 5.09. The van der Waals surface area contributed by atoms with Crippen molar-refractivity contribution in [3.8, 4) is 0 Å². The van der Waals surface area contributed by atoms with E-state index in [-0.39, 0.29) is 30.0 Å². The van der Waals surface area contributed by atoms with Crippen LogP contribution in [-0.2, 0) is 17.5 Å². The Morgan fingerprint density at radius 2 is 1.80 bits per heavy atom. The first kappa shape index (κ1) is 18.2. The molecule has 1 amide bonds. The van der Waals surface area contributed by atoms with E-state index in [1.165, 1.54) is 23.5 Å². The second-order valence-electron chi connectivity index (χ2n) is 7.55. The number of rotatable bonds is 3. The van der Waals surface area contributed by atoms with Gasteiger partial charge >= 0.3 is 6.18 Å². The molecule has 3 nitrogen and oxygen atoms in total. The predicted octanol–water partition coefficient (Wildman–Crippen LogP) is 3.82. The van der Waals surface area contributed by atoms with Crippen molar-refractivity contribution < 1.29 is 18.0 Å². The molecule has 25 heavy (non-hydrogen) atoms. The summed E-state index contributed by atoms with van der Waals surface area (Å²) < 4.78 is 39.4. The van der Waals surface area contributed by atoms with Crippen LogP contribution in [-0.4, -0.2) is 23.9 Å². The first-order valence-corrected chi connectivity index (χ1v) is 8.93. The Bertz CT molecular complexity index is 617. The summed E-state index contributed by atoms with van der Waals surface area (Å²) in [6.45, 7) is -0.0214. The number of nitrogens with zero attached hydrogens (tertiary/aromatic N) is 1. The summed E-state index contributed by atoms with van der Waals surface area (Å²) in [6, 6.07) is 5.63. The Labute approximate surface area is 146 Å². The van der Waals surface area contributed by atoms with Crippen LogP contribution in [0.5, 0.6) is 0 Å². The monoisotopic (exact) mass is 354 g/mol. The Hall–Kier alpha value is -1.56. The maximum absolute atomic E-state index is 13.1. The average Bonchev–Trinajstić information content (AvgIpc) is 2.53. The number of benzene rings is 1. The predicted molar refractivity (Wildman–Crippen MR) is 89.4 cm³/mol. The van der Waals surface area contributed by atoms with Crippen LogP contribution in [0.25, 0.3) is 0 Å². The van der Waals surface area contributed by atoms with E-state index in [9.17, 15) is 18.0 Å². The summed E-state index contributed by atoms with van der Waals surface area (Å²) in [5.74, 6) is 0.577. The van der Waals surface area contributed by atoms with Crippen LogP contribution in [0, 0.1) is 17.8 Å². The number of alkyl halides is 3. The number of nitrogens with two attached hydrogens (primary N) is 1. The molecule has 2 bridgehead atoms. The number of hydrogen-bond acceptors (Lipinski definition) is 2. The minimum atomic E-state index is -4.41. The SMILES string of the molecule is CN(Cc1ccccc1C(F)(F)F)C(=O)C1CC2CCCC(C1)C2N. The third kappa shape index (κ3) is 3.84. The molecule has 0 spiro atoms. The van der Waals surface area contributed by atoms with E-state index >= 15 is 0 Å². The number of fused-ring (bicyclic) bond motifs is 2. The molecule has 0 saturated heterocycles. The zero-order chi connectivity index (χ0) is 18.2. The van der Waals surface area contributed by atoms with Gasteiger partial charge in [-0.25, -0.2) is 0 Å². The fraction of sp³-hybridized carbons (Fsp3) is 0.632. The molecule has 2 saturated carbocycles. The standard InChI is InChI=1S/C19H25F3N2O/c1-24(11-14-5-2-3-8-16(14)19(20,21)22)18(25)15-9-12-6-4-7-13(10-15)17(12)23/h2-3,5,8,12-13,15,17H,4,6-7,9-11,23H2,1H3. The van der Waals surface area contributed by atoms with Crippen LogP contribution < -0.4 is 5.73 Å². The Morgan fingerprint density at radius 1 is 1.20 bits per heavy atom. The van der Waals surface area contributed by atoms with Crippen molar-refractivity contribution in [2.45, 2.75) is 50.9 Å². The van der Waals surface area contributed by atoms with E-state index < -0.39 is 11.7 Å². The van der Waals surface area contributed by atoms with Crippen molar-refractivity contribution in [2.24, 2.45) is 23.5 Å². The molecule has 138 valence electrons. The number of hydrogen-bond donors (Lipinski definition) is 1. The Balaban J connectivity index is 1.70. The van der Waals surface area contributed by atoms with E-state index in [0.29, 0.717) is 11.8 Å². The van der Waals surface area contributed by atoms with Gasteiger partial charge in [-0.15, -0.1) is 0 Å². The average molecular weight is 354 g/mol. The molecule has 2 aliphatic rings. The first-order chi connectivity index (χ1) is 11.8. The fourth-order valence-electron chi connectivity index (χ4n) is 4.57. The van der Waals surface area contributed by atoms with Crippen LogP contribution in [0.1, 0.15) is 43.2 Å². The highest BCUT2D eigenvalue weighted by Gasteiger charge is 2.41. The molecule has 0 heterocycles. The highest BCUT2D eigenvalue weighted by Crippen LogP contribution is 2.42. The van der Waals surface area contributed by atoms with E-state index in [1.807, 2.05) is 0 Å². The van der Waals surface area contributed by atoms with E-state index in [1.54, 1.807) is 13.1 Å². The fourth-order valence-corrected chi connectivity index (χ4v) is 4.57. The largest absolute Gasteiger partial charge is 0.416 e. The van der Waals surface area contributed by atoms with Gasteiger partial charge in [0.05, 0.1) is 5.56 Å². The van der Waals surface area contributed by atoms with Gasteiger partial charge in [-0.2, -0.15) is 13.2 Å². The van der Waals surface area contributed by atoms with E-state index in [2.05, 4.69) is 0 Å². The summed E-state index contributed by atoms with van der Waals surface area (Å²) in [6.07, 6.45) is 0.404. The summed E-state index contributed by atoms with van der Waals surface area (Å²) >= 11 is 0.